The summed E-state index contributed by atoms with van der Waals surface area (Å²) in [5.41, 5.74) is 1.25. The summed E-state index contributed by atoms with van der Waals surface area (Å²) < 4.78 is 39.1. The van der Waals surface area contributed by atoms with E-state index in [4.69, 9.17) is 24.5 Å². The van der Waals surface area contributed by atoms with Crippen molar-refractivity contribution in [3.8, 4) is 11.5 Å². The summed E-state index contributed by atoms with van der Waals surface area (Å²) in [5, 5.41) is 13.9. The van der Waals surface area contributed by atoms with Crippen LogP contribution in [0.1, 0.15) is 56.9 Å². The number of ether oxygens (including phenoxy) is 2. The number of halogens is 2. The van der Waals surface area contributed by atoms with Crippen LogP contribution >= 0.6 is 0 Å². The lowest BCUT2D eigenvalue weighted by Crippen LogP contribution is -2.49. The Morgan fingerprint density at radius 1 is 1.00 bits per heavy atom. The molecule has 4 fully saturated rings. The second kappa shape index (κ2) is 9.06. The second-order valence-corrected chi connectivity index (χ2v) is 9.28. The van der Waals surface area contributed by atoms with Crippen molar-refractivity contribution in [1.29, 1.82) is 0 Å². The molecule has 0 radical (unpaired) electrons. The van der Waals surface area contributed by atoms with Crippen LogP contribution in [0.4, 0.5) is 13.6 Å². The molecule has 2 N–H and O–H groups in total. The maximum atomic E-state index is 13.4. The quantitative estimate of drug-likeness (QED) is 0.502. The molecule has 2 saturated heterocycles. The number of benzene rings is 2. The van der Waals surface area contributed by atoms with E-state index >= 15 is 0 Å². The summed E-state index contributed by atoms with van der Waals surface area (Å²) in [7, 11) is 0. The number of rotatable bonds is 6. The maximum Gasteiger partial charge on any atom is 0.503 e. The van der Waals surface area contributed by atoms with Gasteiger partial charge in [0.05, 0.1) is 12.2 Å². The van der Waals surface area contributed by atoms with Crippen molar-refractivity contribution < 1.29 is 33.3 Å². The molecule has 7 heteroatoms. The van der Waals surface area contributed by atoms with Crippen LogP contribution in [0.15, 0.2) is 42.5 Å². The Balaban J connectivity index is 0.000000567. The van der Waals surface area contributed by atoms with Gasteiger partial charge in [-0.1, -0.05) is 25.0 Å². The van der Waals surface area contributed by atoms with Crippen LogP contribution in [0.25, 0.3) is 0 Å². The van der Waals surface area contributed by atoms with Crippen molar-refractivity contribution in [2.75, 3.05) is 6.61 Å². The molecule has 2 bridgehead atoms. The SMILES string of the molecule is Fc1cc(F)cc(Oc2cccc(C34CCC(CCC5CC5)(CC3)CO4)c2)c1.O=C(O)O. The molecule has 5 nitrogen and oxygen atoms in total. The van der Waals surface area contributed by atoms with Gasteiger partial charge in [-0.3, -0.25) is 0 Å². The number of fused-ring (bicyclic) bond motifs is 3. The van der Waals surface area contributed by atoms with Gasteiger partial charge in [-0.05, 0) is 67.6 Å². The smallest absolute Gasteiger partial charge is 0.457 e. The van der Waals surface area contributed by atoms with Crippen molar-refractivity contribution in [2.45, 2.75) is 57.0 Å². The van der Waals surface area contributed by atoms with Crippen LogP contribution in [0, 0.1) is 23.0 Å². The molecule has 0 unspecified atom stereocenters. The third-order valence-electron chi connectivity index (χ3n) is 6.98. The number of carboxylic acid groups (broad SMARTS) is 2. The van der Waals surface area contributed by atoms with Gasteiger partial charge in [-0.25, -0.2) is 13.6 Å². The molecule has 2 aromatic rings. The van der Waals surface area contributed by atoms with Crippen LogP contribution < -0.4 is 4.74 Å². The second-order valence-electron chi connectivity index (χ2n) is 9.28. The Labute approximate surface area is 186 Å². The van der Waals surface area contributed by atoms with E-state index in [9.17, 15) is 8.78 Å². The van der Waals surface area contributed by atoms with E-state index in [0.29, 0.717) is 11.2 Å². The summed E-state index contributed by atoms with van der Waals surface area (Å²) in [6, 6.07) is 11.0. The minimum atomic E-state index is -1.83. The Kier molecular flexibility index (Phi) is 6.38. The average Bonchev–Trinajstić information content (AvgIpc) is 3.58. The summed E-state index contributed by atoms with van der Waals surface area (Å²) >= 11 is 0. The van der Waals surface area contributed by atoms with Crippen molar-refractivity contribution in [2.24, 2.45) is 11.3 Å². The topological polar surface area (TPSA) is 76.0 Å². The first-order valence-corrected chi connectivity index (χ1v) is 11.1. The minimum absolute atomic E-state index is 0.166. The predicted molar refractivity (Wildman–Crippen MR) is 114 cm³/mol. The molecule has 2 heterocycles. The van der Waals surface area contributed by atoms with Gasteiger partial charge in [-0.15, -0.1) is 0 Å². The fourth-order valence-corrected chi connectivity index (χ4v) is 4.94. The minimum Gasteiger partial charge on any atom is -0.457 e. The highest BCUT2D eigenvalue weighted by atomic mass is 19.1. The Morgan fingerprint density at radius 3 is 2.22 bits per heavy atom. The van der Waals surface area contributed by atoms with Crippen molar-refractivity contribution in [3.63, 3.8) is 0 Å². The van der Waals surface area contributed by atoms with E-state index in [-0.39, 0.29) is 11.4 Å². The van der Waals surface area contributed by atoms with Gasteiger partial charge >= 0.3 is 6.16 Å². The molecule has 2 saturated carbocycles. The molecular weight excluding hydrogens is 418 g/mol. The van der Waals surface area contributed by atoms with Gasteiger partial charge in [-0.2, -0.15) is 0 Å². The lowest BCUT2D eigenvalue weighted by Gasteiger charge is -2.53. The molecule has 4 aliphatic rings. The normalized spacial score (nSPS) is 26.2. The highest BCUT2D eigenvalue weighted by Crippen LogP contribution is 2.56. The summed E-state index contributed by atoms with van der Waals surface area (Å²) in [5.74, 6) is 0.436. The molecule has 0 aromatic heterocycles. The monoisotopic (exact) mass is 446 g/mol. The Bertz CT molecular complexity index is 924. The fraction of sp³-hybridized carbons (Fsp3) is 0.480. The number of hydrogen-bond acceptors (Lipinski definition) is 3. The Hall–Kier alpha value is -2.67. The lowest BCUT2D eigenvalue weighted by atomic mass is 9.62. The third kappa shape index (κ3) is 5.38. The summed E-state index contributed by atoms with van der Waals surface area (Å²) in [4.78, 5) is 8.56. The predicted octanol–water partition coefficient (Wildman–Crippen LogP) is 6.96. The standard InChI is InChI=1S/C24H26F2O2.CH2O3/c25-19-13-20(26)15-22(14-19)28-21-3-1-2-18(12-21)24-10-8-23(9-11-24,16-27-24)7-6-17-4-5-17;2-1(3)4/h1-3,12-15,17H,4-11,16H2;(H2,2,3,4). The van der Waals surface area contributed by atoms with Gasteiger partial charge in [0.15, 0.2) is 0 Å². The molecule has 172 valence electrons. The fourth-order valence-electron chi connectivity index (χ4n) is 4.94. The Morgan fingerprint density at radius 2 is 1.66 bits per heavy atom. The molecule has 32 heavy (non-hydrogen) atoms. The first-order chi connectivity index (χ1) is 15.3. The lowest BCUT2D eigenvalue weighted by molar-refractivity contribution is -0.192. The largest absolute Gasteiger partial charge is 0.503 e. The molecule has 2 aliphatic carbocycles. The van der Waals surface area contributed by atoms with E-state index in [1.807, 2.05) is 18.2 Å². The van der Waals surface area contributed by atoms with E-state index < -0.39 is 17.8 Å². The van der Waals surface area contributed by atoms with E-state index in [0.717, 1.165) is 37.0 Å². The van der Waals surface area contributed by atoms with E-state index in [2.05, 4.69) is 6.07 Å². The molecule has 0 spiro atoms. The molecule has 2 aromatic carbocycles. The molecular formula is C25H28F2O5. The first kappa shape index (κ1) is 22.5. The van der Waals surface area contributed by atoms with Crippen LogP contribution in [-0.2, 0) is 10.3 Å². The number of hydrogen-bond donors (Lipinski definition) is 2. The third-order valence-corrected chi connectivity index (χ3v) is 6.98. The number of carbonyl (C=O) groups is 1. The van der Waals surface area contributed by atoms with Crippen molar-refractivity contribution in [1.82, 2.24) is 0 Å². The zero-order chi connectivity index (χ0) is 22.8. The zero-order valence-electron chi connectivity index (χ0n) is 17.9. The molecule has 6 rings (SSSR count). The highest BCUT2D eigenvalue weighted by Gasteiger charge is 2.50. The van der Waals surface area contributed by atoms with E-state index in [1.54, 1.807) is 0 Å². The van der Waals surface area contributed by atoms with Gasteiger partial charge in [0.1, 0.15) is 23.1 Å². The van der Waals surface area contributed by atoms with Gasteiger partial charge in [0, 0.05) is 18.2 Å². The first-order valence-electron chi connectivity index (χ1n) is 11.1. The van der Waals surface area contributed by atoms with Crippen LogP contribution in [0.3, 0.4) is 0 Å². The van der Waals surface area contributed by atoms with Gasteiger partial charge in [0.2, 0.25) is 0 Å². The van der Waals surface area contributed by atoms with Gasteiger partial charge in [0.25, 0.3) is 0 Å². The molecule has 0 amide bonds. The highest BCUT2D eigenvalue weighted by molar-refractivity contribution is 5.53. The van der Waals surface area contributed by atoms with Crippen LogP contribution in [-0.4, -0.2) is 23.0 Å². The molecule has 2 aliphatic heterocycles. The average molecular weight is 446 g/mol. The zero-order valence-corrected chi connectivity index (χ0v) is 17.9. The van der Waals surface area contributed by atoms with E-state index in [1.165, 1.54) is 50.7 Å². The molecule has 0 atom stereocenters. The van der Waals surface area contributed by atoms with Crippen LogP contribution in [0.5, 0.6) is 11.5 Å². The van der Waals surface area contributed by atoms with Crippen LogP contribution in [0.2, 0.25) is 0 Å². The van der Waals surface area contributed by atoms with Crippen molar-refractivity contribution >= 4 is 6.16 Å². The van der Waals surface area contributed by atoms with Gasteiger partial charge < -0.3 is 19.7 Å². The van der Waals surface area contributed by atoms with Crippen molar-refractivity contribution in [3.05, 3.63) is 59.7 Å². The summed E-state index contributed by atoms with van der Waals surface area (Å²) in [6.07, 6.45) is 8.20. The maximum absolute atomic E-state index is 13.4. The summed E-state index contributed by atoms with van der Waals surface area (Å²) in [6.45, 7) is 0.847.